The highest BCUT2D eigenvalue weighted by molar-refractivity contribution is 6.33. The number of carbonyl (C=O) groups is 2. The molecule has 0 saturated carbocycles. The van der Waals surface area contributed by atoms with E-state index in [0.717, 1.165) is 0 Å². The Morgan fingerprint density at radius 3 is 2.78 bits per heavy atom. The lowest BCUT2D eigenvalue weighted by atomic mass is 10.1. The number of carbonyl (C=O) groups excluding carboxylic acids is 2. The van der Waals surface area contributed by atoms with Gasteiger partial charge in [0.2, 0.25) is 0 Å². The number of urea groups is 1. The zero-order chi connectivity index (χ0) is 22.8. The first-order chi connectivity index (χ1) is 15.3. The number of esters is 1. The van der Waals surface area contributed by atoms with Gasteiger partial charge in [0, 0.05) is 6.21 Å². The van der Waals surface area contributed by atoms with E-state index in [9.17, 15) is 18.4 Å². The van der Waals surface area contributed by atoms with Crippen LogP contribution in [-0.4, -0.2) is 37.1 Å². The molecule has 2 aromatic rings. The van der Waals surface area contributed by atoms with Gasteiger partial charge in [0.25, 0.3) is 0 Å². The molecule has 4 rings (SSSR count). The van der Waals surface area contributed by atoms with Gasteiger partial charge in [0.15, 0.2) is 23.1 Å². The number of rotatable bonds is 5. The van der Waals surface area contributed by atoms with E-state index in [1.165, 1.54) is 13.2 Å². The molecule has 2 amide bonds. The summed E-state index contributed by atoms with van der Waals surface area (Å²) in [6, 6.07) is 5.34. The first-order valence-corrected chi connectivity index (χ1v) is 9.60. The predicted octanol–water partition coefficient (Wildman–Crippen LogP) is 4.25. The van der Waals surface area contributed by atoms with Gasteiger partial charge in [0.05, 0.1) is 35.1 Å². The number of fused-ring (bicyclic) bond motifs is 1. The summed E-state index contributed by atoms with van der Waals surface area (Å²) in [5.74, 6) is -3.08. The highest BCUT2D eigenvalue weighted by atomic mass is 35.5. The number of nitrogens with one attached hydrogen (secondary N) is 1. The molecule has 1 heterocycles. The number of benzene rings is 2. The Morgan fingerprint density at radius 1 is 1.22 bits per heavy atom. The number of allylic oxidation sites excluding steroid dienone is 1. The number of hydrogen-bond donors (Lipinski definition) is 1. The van der Waals surface area contributed by atoms with Crippen molar-refractivity contribution in [3.63, 3.8) is 0 Å². The summed E-state index contributed by atoms with van der Waals surface area (Å²) in [5, 5.41) is 2.34. The molecule has 0 saturated heterocycles. The number of ether oxygens (including phenoxy) is 2. The molecule has 7 nitrogen and oxygen atoms in total. The Morgan fingerprint density at radius 2 is 2.00 bits per heavy atom. The minimum atomic E-state index is -1.22. The highest BCUT2D eigenvalue weighted by Gasteiger charge is 2.21. The van der Waals surface area contributed by atoms with E-state index in [2.05, 4.69) is 15.3 Å². The third-order valence-corrected chi connectivity index (χ3v) is 4.86. The summed E-state index contributed by atoms with van der Waals surface area (Å²) in [5.41, 5.74) is 1.50. The maximum absolute atomic E-state index is 13.5. The molecular formula is C22H14ClF2N3O4. The smallest absolute Gasteiger partial charge is 0.346 e. The Balaban J connectivity index is 1.50. The summed E-state index contributed by atoms with van der Waals surface area (Å²) in [4.78, 5) is 31.9. The Labute approximate surface area is 185 Å². The molecule has 2 aromatic carbocycles. The fraction of sp³-hybridized carbons (Fsp3) is 0.0909. The second-order valence-electron chi connectivity index (χ2n) is 6.68. The second kappa shape index (κ2) is 8.72. The van der Waals surface area contributed by atoms with Crippen molar-refractivity contribution in [3.05, 3.63) is 82.0 Å². The topological polar surface area (TPSA) is 89.3 Å². The van der Waals surface area contributed by atoms with Crippen LogP contribution in [0.1, 0.15) is 15.9 Å². The standard InChI is InChI=1S/C22H14ClF2N3O4/c1-31-20-6-11(10-26-12-3-4-17-18(7-12)28-22(30)27-17)2-5-19(20)32-21(29)13-8-15(24)16(25)9-14(13)23/h2-10,12H,1H3,(H,28,30). The van der Waals surface area contributed by atoms with E-state index in [-0.39, 0.29) is 28.1 Å². The van der Waals surface area contributed by atoms with Crippen LogP contribution in [0.2, 0.25) is 5.02 Å². The molecule has 0 bridgehead atoms. The molecule has 0 radical (unpaired) electrons. The maximum atomic E-state index is 13.5. The van der Waals surface area contributed by atoms with Gasteiger partial charge >= 0.3 is 12.0 Å². The zero-order valence-electron chi connectivity index (χ0n) is 16.4. The summed E-state index contributed by atoms with van der Waals surface area (Å²) in [6.45, 7) is 0. The van der Waals surface area contributed by atoms with Gasteiger partial charge in [-0.05, 0) is 48.0 Å². The van der Waals surface area contributed by atoms with Crippen LogP contribution in [0.15, 0.2) is 64.2 Å². The fourth-order valence-corrected chi connectivity index (χ4v) is 3.22. The average Bonchev–Trinajstić information content (AvgIpc) is 3.14. The molecule has 10 heteroatoms. The summed E-state index contributed by atoms with van der Waals surface area (Å²) >= 11 is 5.82. The van der Waals surface area contributed by atoms with Crippen molar-refractivity contribution in [2.24, 2.45) is 9.98 Å². The van der Waals surface area contributed by atoms with Crippen LogP contribution < -0.4 is 14.8 Å². The van der Waals surface area contributed by atoms with Crippen LogP contribution in [0.25, 0.3) is 0 Å². The fourth-order valence-electron chi connectivity index (χ4n) is 2.99. The minimum Gasteiger partial charge on any atom is -0.493 e. The molecule has 2 aliphatic rings. The Hall–Kier alpha value is -3.85. The third-order valence-electron chi connectivity index (χ3n) is 4.54. The van der Waals surface area contributed by atoms with Crippen LogP contribution in [0.3, 0.4) is 0 Å². The van der Waals surface area contributed by atoms with Crippen LogP contribution in [0.5, 0.6) is 11.5 Å². The monoisotopic (exact) mass is 457 g/mol. The van der Waals surface area contributed by atoms with E-state index in [4.69, 9.17) is 21.1 Å². The molecule has 32 heavy (non-hydrogen) atoms. The molecule has 1 N–H and O–H groups in total. The molecule has 0 spiro atoms. The Bertz CT molecular complexity index is 1250. The van der Waals surface area contributed by atoms with Crippen molar-refractivity contribution < 1.29 is 27.8 Å². The lowest BCUT2D eigenvalue weighted by Gasteiger charge is -2.12. The van der Waals surface area contributed by atoms with Crippen molar-refractivity contribution in [2.45, 2.75) is 6.04 Å². The Kier molecular flexibility index (Phi) is 5.83. The van der Waals surface area contributed by atoms with Gasteiger partial charge in [-0.25, -0.2) is 18.4 Å². The molecular weight excluding hydrogens is 444 g/mol. The zero-order valence-corrected chi connectivity index (χ0v) is 17.2. The maximum Gasteiger partial charge on any atom is 0.346 e. The number of methoxy groups -OCH3 is 1. The van der Waals surface area contributed by atoms with Gasteiger partial charge in [-0.3, -0.25) is 4.99 Å². The van der Waals surface area contributed by atoms with Crippen LogP contribution in [0.4, 0.5) is 13.6 Å². The summed E-state index contributed by atoms with van der Waals surface area (Å²) in [7, 11) is 1.38. The van der Waals surface area contributed by atoms with Gasteiger partial charge in [0.1, 0.15) is 0 Å². The number of amides is 2. The first-order valence-electron chi connectivity index (χ1n) is 9.22. The van der Waals surface area contributed by atoms with Crippen molar-refractivity contribution in [1.29, 1.82) is 0 Å². The van der Waals surface area contributed by atoms with E-state index < -0.39 is 23.6 Å². The van der Waals surface area contributed by atoms with Crippen LogP contribution in [-0.2, 0) is 0 Å². The van der Waals surface area contributed by atoms with E-state index in [0.29, 0.717) is 29.1 Å². The normalized spacial score (nSPS) is 17.0. The molecule has 1 unspecified atom stereocenters. The number of halogens is 3. The summed E-state index contributed by atoms with van der Waals surface area (Å²) < 4.78 is 37.2. The molecule has 1 aliphatic carbocycles. The van der Waals surface area contributed by atoms with Gasteiger partial charge in [-0.15, -0.1) is 0 Å². The molecule has 0 aromatic heterocycles. The predicted molar refractivity (Wildman–Crippen MR) is 114 cm³/mol. The van der Waals surface area contributed by atoms with E-state index in [1.54, 1.807) is 36.6 Å². The first kappa shape index (κ1) is 21.4. The molecule has 1 atom stereocenters. The van der Waals surface area contributed by atoms with Crippen molar-refractivity contribution in [2.75, 3.05) is 7.11 Å². The third kappa shape index (κ3) is 4.42. The lowest BCUT2D eigenvalue weighted by molar-refractivity contribution is 0.0729. The van der Waals surface area contributed by atoms with E-state index >= 15 is 0 Å². The van der Waals surface area contributed by atoms with Crippen molar-refractivity contribution in [3.8, 4) is 11.5 Å². The minimum absolute atomic E-state index is 0.0599. The number of aliphatic imine (C=N–C) groups is 2. The van der Waals surface area contributed by atoms with Crippen molar-refractivity contribution in [1.82, 2.24) is 5.32 Å². The molecule has 1 aliphatic heterocycles. The van der Waals surface area contributed by atoms with Gasteiger partial charge in [-0.2, -0.15) is 4.99 Å². The van der Waals surface area contributed by atoms with Crippen LogP contribution >= 0.6 is 11.6 Å². The molecule has 0 fully saturated rings. The second-order valence-corrected chi connectivity index (χ2v) is 7.09. The summed E-state index contributed by atoms with van der Waals surface area (Å²) in [6.07, 6.45) is 6.85. The number of hydrogen-bond acceptors (Lipinski definition) is 5. The molecule has 162 valence electrons. The lowest BCUT2D eigenvalue weighted by Crippen LogP contribution is -2.18. The quantitative estimate of drug-likeness (QED) is 0.314. The largest absolute Gasteiger partial charge is 0.493 e. The van der Waals surface area contributed by atoms with Gasteiger partial charge < -0.3 is 14.8 Å². The van der Waals surface area contributed by atoms with E-state index in [1.807, 2.05) is 0 Å². The van der Waals surface area contributed by atoms with Gasteiger partial charge in [-0.1, -0.05) is 17.7 Å². The highest BCUT2D eigenvalue weighted by Crippen LogP contribution is 2.30. The number of nitrogens with zero attached hydrogens (tertiary/aromatic N) is 2. The SMILES string of the molecule is COc1cc(C=NC2C=CC3=NC(=O)NC3=C2)ccc1OC(=O)c1cc(F)c(F)cc1Cl. The average molecular weight is 458 g/mol. The van der Waals surface area contributed by atoms with Crippen LogP contribution in [0, 0.1) is 11.6 Å². The van der Waals surface area contributed by atoms with Crippen molar-refractivity contribution >= 4 is 35.5 Å².